The SMILES string of the molecule is CNC(=O)N1CCC2(CC1)CN(C(=O)[C@@H](CCCCN)CC(=O)[C@@H](CC(C)C)NC(=O)[C@H](CC(=O)[C@H](N)Cc1ccccc1)Cc1ccccc1)C2. The molecule has 11 heteroatoms. The molecule has 2 aliphatic rings. The summed E-state index contributed by atoms with van der Waals surface area (Å²) in [6, 6.07) is 17.5. The number of benzene rings is 2. The van der Waals surface area contributed by atoms with Crippen LogP contribution in [0.15, 0.2) is 60.7 Å². The van der Waals surface area contributed by atoms with Crippen LogP contribution in [0.3, 0.4) is 0 Å². The molecular weight excluding hydrogens is 656 g/mol. The summed E-state index contributed by atoms with van der Waals surface area (Å²) in [7, 11) is 1.63. The Hall–Kier alpha value is -4.09. The van der Waals surface area contributed by atoms with Crippen LogP contribution in [0.1, 0.15) is 76.3 Å². The normalized spacial score (nSPS) is 17.5. The van der Waals surface area contributed by atoms with Crippen molar-refractivity contribution in [3.05, 3.63) is 71.8 Å². The van der Waals surface area contributed by atoms with Crippen LogP contribution in [0.25, 0.3) is 0 Å². The molecule has 2 fully saturated rings. The molecule has 284 valence electrons. The van der Waals surface area contributed by atoms with E-state index in [1.807, 2.05) is 84.3 Å². The molecule has 0 aromatic heterocycles. The first-order chi connectivity index (χ1) is 24.9. The first-order valence-corrected chi connectivity index (χ1v) is 19.1. The van der Waals surface area contributed by atoms with Gasteiger partial charge in [-0.25, -0.2) is 4.79 Å². The van der Waals surface area contributed by atoms with Gasteiger partial charge in [0, 0.05) is 63.3 Å². The average Bonchev–Trinajstić information content (AvgIpc) is 3.12. The van der Waals surface area contributed by atoms with Crippen molar-refractivity contribution >= 4 is 29.4 Å². The van der Waals surface area contributed by atoms with Gasteiger partial charge in [0.25, 0.3) is 0 Å². The molecule has 2 heterocycles. The second kappa shape index (κ2) is 19.7. The van der Waals surface area contributed by atoms with E-state index >= 15 is 0 Å². The highest BCUT2D eigenvalue weighted by Gasteiger charge is 2.48. The van der Waals surface area contributed by atoms with Crippen LogP contribution >= 0.6 is 0 Å². The van der Waals surface area contributed by atoms with Gasteiger partial charge in [-0.15, -0.1) is 0 Å². The molecule has 0 bridgehead atoms. The lowest BCUT2D eigenvalue weighted by atomic mass is 9.71. The van der Waals surface area contributed by atoms with Crippen LogP contribution in [-0.2, 0) is 32.0 Å². The lowest BCUT2D eigenvalue weighted by molar-refractivity contribution is -0.152. The summed E-state index contributed by atoms with van der Waals surface area (Å²) < 4.78 is 0. The Balaban J connectivity index is 1.44. The Morgan fingerprint density at radius 1 is 0.788 bits per heavy atom. The summed E-state index contributed by atoms with van der Waals surface area (Å²) in [5.74, 6) is -1.89. The largest absolute Gasteiger partial charge is 0.346 e. The number of urea groups is 1. The van der Waals surface area contributed by atoms with Crippen molar-refractivity contribution in [1.29, 1.82) is 0 Å². The minimum absolute atomic E-state index is 0.00891. The molecule has 4 atom stereocenters. The van der Waals surface area contributed by atoms with E-state index in [-0.39, 0.29) is 53.6 Å². The minimum atomic E-state index is -0.791. The van der Waals surface area contributed by atoms with Gasteiger partial charge in [0.05, 0.1) is 12.1 Å². The highest BCUT2D eigenvalue weighted by Crippen LogP contribution is 2.41. The fourth-order valence-electron chi connectivity index (χ4n) is 7.63. The van der Waals surface area contributed by atoms with Crippen LogP contribution < -0.4 is 22.1 Å². The highest BCUT2D eigenvalue weighted by atomic mass is 16.2. The number of nitrogens with one attached hydrogen (secondary N) is 2. The number of nitrogens with zero attached hydrogens (tertiary/aromatic N) is 2. The molecular formula is C41H60N6O5. The topological polar surface area (TPSA) is 168 Å². The predicted octanol–water partition coefficient (Wildman–Crippen LogP) is 3.87. The van der Waals surface area contributed by atoms with E-state index in [4.69, 9.17) is 11.5 Å². The maximum Gasteiger partial charge on any atom is 0.317 e. The van der Waals surface area contributed by atoms with Crippen molar-refractivity contribution in [3.63, 3.8) is 0 Å². The number of carbonyl (C=O) groups is 5. The fourth-order valence-corrected chi connectivity index (χ4v) is 7.63. The monoisotopic (exact) mass is 716 g/mol. The van der Waals surface area contributed by atoms with E-state index in [0.717, 1.165) is 36.8 Å². The smallest absolute Gasteiger partial charge is 0.317 e. The number of carbonyl (C=O) groups excluding carboxylic acids is 5. The Bertz CT molecular complexity index is 1470. The highest BCUT2D eigenvalue weighted by molar-refractivity contribution is 5.95. The molecule has 1 spiro atoms. The molecule has 11 nitrogen and oxygen atoms in total. The number of likely N-dealkylation sites (tertiary alicyclic amines) is 2. The molecule has 0 unspecified atom stereocenters. The van der Waals surface area contributed by atoms with E-state index in [1.54, 1.807) is 7.05 Å². The fraction of sp³-hybridized carbons (Fsp3) is 0.585. The van der Waals surface area contributed by atoms with Gasteiger partial charge in [-0.3, -0.25) is 19.2 Å². The number of hydrogen-bond donors (Lipinski definition) is 4. The van der Waals surface area contributed by atoms with Crippen LogP contribution in [0, 0.1) is 23.2 Å². The minimum Gasteiger partial charge on any atom is -0.346 e. The second-order valence-electron chi connectivity index (χ2n) is 15.4. The van der Waals surface area contributed by atoms with E-state index in [2.05, 4.69) is 10.6 Å². The number of Topliss-reactive ketones (excluding diaryl/α,β-unsaturated/α-hetero) is 2. The zero-order chi connectivity index (χ0) is 37.7. The number of hydrogen-bond acceptors (Lipinski definition) is 7. The number of piperidine rings is 1. The average molecular weight is 717 g/mol. The van der Waals surface area contributed by atoms with E-state index in [0.29, 0.717) is 58.4 Å². The molecule has 4 rings (SSSR count). The molecule has 2 saturated heterocycles. The lowest BCUT2D eigenvalue weighted by Crippen LogP contribution is -2.63. The van der Waals surface area contributed by atoms with Crippen molar-refractivity contribution in [2.75, 3.05) is 39.8 Å². The lowest BCUT2D eigenvalue weighted by Gasteiger charge is -2.54. The molecule has 2 aromatic carbocycles. The van der Waals surface area contributed by atoms with Crippen molar-refractivity contribution in [3.8, 4) is 0 Å². The van der Waals surface area contributed by atoms with Crippen molar-refractivity contribution in [2.24, 2.45) is 34.6 Å². The molecule has 2 aliphatic heterocycles. The standard InChI is InChI=1S/C41H60N6O5/c1-29(2)22-35(45-38(50)33(23-30-12-6-4-7-13-30)26-36(48)34(43)24-31-14-8-5-9-15-31)37(49)25-32(16-10-11-19-42)39(51)47-27-41(28-47)17-20-46(21-18-41)40(52)44-3/h4-9,12-15,29,32-35H,10-11,16-28,42-43H2,1-3H3,(H,44,52)(H,45,50)/t32-,33-,34+,35+/m0/s1. The molecule has 0 aliphatic carbocycles. The van der Waals surface area contributed by atoms with Crippen molar-refractivity contribution < 1.29 is 24.0 Å². The van der Waals surface area contributed by atoms with E-state index in [9.17, 15) is 24.0 Å². The molecule has 0 saturated carbocycles. The van der Waals surface area contributed by atoms with Crippen LogP contribution in [-0.4, -0.2) is 91.1 Å². The third-order valence-electron chi connectivity index (χ3n) is 10.8. The van der Waals surface area contributed by atoms with Gasteiger partial charge in [-0.05, 0) is 68.5 Å². The Morgan fingerprint density at radius 2 is 1.37 bits per heavy atom. The molecule has 0 radical (unpaired) electrons. The quantitative estimate of drug-likeness (QED) is 0.160. The third-order valence-corrected chi connectivity index (χ3v) is 10.8. The van der Waals surface area contributed by atoms with Gasteiger partial charge in [-0.2, -0.15) is 0 Å². The molecule has 52 heavy (non-hydrogen) atoms. The molecule has 2 aromatic rings. The summed E-state index contributed by atoms with van der Waals surface area (Å²) >= 11 is 0. The Kier molecular flexibility index (Phi) is 15.4. The summed E-state index contributed by atoms with van der Waals surface area (Å²) in [5.41, 5.74) is 14.0. The van der Waals surface area contributed by atoms with Gasteiger partial charge < -0.3 is 31.9 Å². The van der Waals surface area contributed by atoms with Crippen molar-refractivity contribution in [2.45, 2.75) is 90.1 Å². The Morgan fingerprint density at radius 3 is 1.92 bits per heavy atom. The Labute approximate surface area is 309 Å². The summed E-state index contributed by atoms with van der Waals surface area (Å²) in [6.45, 7) is 7.08. The third kappa shape index (κ3) is 11.7. The van der Waals surface area contributed by atoms with Crippen LogP contribution in [0.4, 0.5) is 4.79 Å². The number of unbranched alkanes of at least 4 members (excludes halogenated alkanes) is 1. The van der Waals surface area contributed by atoms with Crippen LogP contribution in [0.5, 0.6) is 0 Å². The number of rotatable bonds is 19. The second-order valence-corrected chi connectivity index (χ2v) is 15.4. The summed E-state index contributed by atoms with van der Waals surface area (Å²) in [6.07, 6.45) is 4.81. The van der Waals surface area contributed by atoms with E-state index < -0.39 is 23.9 Å². The summed E-state index contributed by atoms with van der Waals surface area (Å²) in [4.78, 5) is 71.2. The first kappa shape index (κ1) is 40.7. The molecule has 6 N–H and O–H groups in total. The zero-order valence-corrected chi connectivity index (χ0v) is 31.4. The van der Waals surface area contributed by atoms with Gasteiger partial charge >= 0.3 is 6.03 Å². The van der Waals surface area contributed by atoms with Gasteiger partial charge in [0.15, 0.2) is 11.6 Å². The van der Waals surface area contributed by atoms with Gasteiger partial charge in [0.2, 0.25) is 11.8 Å². The maximum absolute atomic E-state index is 14.1. The molecule has 4 amide bonds. The van der Waals surface area contributed by atoms with E-state index in [1.165, 1.54) is 0 Å². The van der Waals surface area contributed by atoms with Crippen molar-refractivity contribution in [1.82, 2.24) is 20.4 Å². The zero-order valence-electron chi connectivity index (χ0n) is 31.4. The summed E-state index contributed by atoms with van der Waals surface area (Å²) in [5, 5.41) is 5.72. The van der Waals surface area contributed by atoms with Crippen LogP contribution in [0.2, 0.25) is 0 Å². The van der Waals surface area contributed by atoms with Gasteiger partial charge in [0.1, 0.15) is 0 Å². The van der Waals surface area contributed by atoms with Gasteiger partial charge in [-0.1, -0.05) is 80.9 Å². The maximum atomic E-state index is 14.1. The number of nitrogens with two attached hydrogens (primary N) is 2. The first-order valence-electron chi connectivity index (χ1n) is 19.1. The predicted molar refractivity (Wildman–Crippen MR) is 203 cm³/mol. The number of amides is 4. The number of ketones is 2.